The highest BCUT2D eigenvalue weighted by Gasteiger charge is 2.35. The minimum atomic E-state index is 0.690. The summed E-state index contributed by atoms with van der Waals surface area (Å²) in [6.45, 7) is 7.00. The number of rotatable bonds is 2. The Labute approximate surface area is 126 Å². The van der Waals surface area contributed by atoms with Crippen LogP contribution in [0.1, 0.15) is 37.4 Å². The van der Waals surface area contributed by atoms with Crippen LogP contribution in [0, 0.1) is 5.92 Å². The lowest BCUT2D eigenvalue weighted by molar-refractivity contribution is 0.117. The van der Waals surface area contributed by atoms with Gasteiger partial charge in [0.1, 0.15) is 5.82 Å². The van der Waals surface area contributed by atoms with Gasteiger partial charge in [-0.1, -0.05) is 6.92 Å². The van der Waals surface area contributed by atoms with Gasteiger partial charge in [-0.15, -0.1) is 0 Å². The average molecular weight is 287 g/mol. The summed E-state index contributed by atoms with van der Waals surface area (Å²) in [5, 5.41) is 0. The molecule has 5 nitrogen and oxygen atoms in total. The molecule has 0 atom stereocenters. The van der Waals surface area contributed by atoms with E-state index in [1.165, 1.54) is 43.6 Å². The molecule has 114 valence electrons. The van der Waals surface area contributed by atoms with Crippen molar-refractivity contribution in [3.05, 3.63) is 11.3 Å². The molecular formula is C16H25N5. The van der Waals surface area contributed by atoms with E-state index in [9.17, 15) is 0 Å². The van der Waals surface area contributed by atoms with E-state index in [0.717, 1.165) is 37.8 Å². The third kappa shape index (κ3) is 2.37. The van der Waals surface area contributed by atoms with Crippen LogP contribution in [0.5, 0.6) is 0 Å². The Morgan fingerprint density at radius 1 is 1.10 bits per heavy atom. The molecule has 0 aromatic carbocycles. The Morgan fingerprint density at radius 3 is 2.62 bits per heavy atom. The van der Waals surface area contributed by atoms with Crippen LogP contribution in [0.25, 0.3) is 0 Å². The van der Waals surface area contributed by atoms with Crippen LogP contribution < -0.4 is 10.6 Å². The molecule has 0 saturated carbocycles. The first-order valence-corrected chi connectivity index (χ1v) is 8.35. The van der Waals surface area contributed by atoms with Crippen LogP contribution >= 0.6 is 0 Å². The first-order valence-electron chi connectivity index (χ1n) is 8.35. The molecule has 0 bridgehead atoms. The SMILES string of the molecule is CC1CCN(C2CN(c3nc(N)c4c(n3)CCC4)C2)CC1. The summed E-state index contributed by atoms with van der Waals surface area (Å²) < 4.78 is 0. The number of hydrogen-bond acceptors (Lipinski definition) is 5. The molecule has 0 amide bonds. The van der Waals surface area contributed by atoms with Gasteiger partial charge in [0.25, 0.3) is 0 Å². The van der Waals surface area contributed by atoms with Crippen LogP contribution in [-0.2, 0) is 12.8 Å². The standard InChI is InChI=1S/C16H25N5/c1-11-5-7-20(8-6-11)12-9-21(10-12)16-18-14-4-2-3-13(14)15(17)19-16/h11-12H,2-10H2,1H3,(H2,17,18,19). The Bertz CT molecular complexity index is 530. The summed E-state index contributed by atoms with van der Waals surface area (Å²) in [7, 11) is 0. The minimum Gasteiger partial charge on any atom is -0.383 e. The zero-order chi connectivity index (χ0) is 14.4. The average Bonchev–Trinajstić information content (AvgIpc) is 2.88. The molecule has 1 aromatic heterocycles. The molecule has 3 aliphatic rings. The predicted molar refractivity (Wildman–Crippen MR) is 84.4 cm³/mol. The van der Waals surface area contributed by atoms with Gasteiger partial charge in [-0.2, -0.15) is 4.98 Å². The topological polar surface area (TPSA) is 58.3 Å². The van der Waals surface area contributed by atoms with E-state index in [-0.39, 0.29) is 0 Å². The summed E-state index contributed by atoms with van der Waals surface area (Å²) in [6.07, 6.45) is 5.98. The van der Waals surface area contributed by atoms with Gasteiger partial charge in [-0.25, -0.2) is 4.98 Å². The molecule has 5 heteroatoms. The molecule has 2 aliphatic heterocycles. The van der Waals surface area contributed by atoms with Crippen LogP contribution in [0.4, 0.5) is 11.8 Å². The Morgan fingerprint density at radius 2 is 1.86 bits per heavy atom. The van der Waals surface area contributed by atoms with Crippen molar-refractivity contribution in [3.8, 4) is 0 Å². The van der Waals surface area contributed by atoms with Crippen LogP contribution in [0.15, 0.2) is 0 Å². The summed E-state index contributed by atoms with van der Waals surface area (Å²) in [5.74, 6) is 2.47. The second-order valence-corrected chi connectivity index (χ2v) is 6.96. The van der Waals surface area contributed by atoms with Crippen LogP contribution in [-0.4, -0.2) is 47.1 Å². The molecule has 0 unspecified atom stereocenters. The summed E-state index contributed by atoms with van der Waals surface area (Å²) >= 11 is 0. The zero-order valence-electron chi connectivity index (χ0n) is 12.9. The Hall–Kier alpha value is -1.36. The summed E-state index contributed by atoms with van der Waals surface area (Å²) in [4.78, 5) is 14.2. The number of nitrogens with two attached hydrogens (primary N) is 1. The van der Waals surface area contributed by atoms with Crippen molar-refractivity contribution in [2.75, 3.05) is 36.8 Å². The van der Waals surface area contributed by atoms with E-state index in [2.05, 4.69) is 21.7 Å². The highest BCUT2D eigenvalue weighted by molar-refractivity contribution is 5.51. The Kier molecular flexibility index (Phi) is 3.25. The molecule has 1 aliphatic carbocycles. The fraction of sp³-hybridized carbons (Fsp3) is 0.750. The lowest BCUT2D eigenvalue weighted by atomic mass is 9.96. The molecular weight excluding hydrogens is 262 g/mol. The number of nitrogen functional groups attached to an aromatic ring is 1. The zero-order valence-corrected chi connectivity index (χ0v) is 12.9. The molecule has 2 saturated heterocycles. The van der Waals surface area contributed by atoms with Gasteiger partial charge in [0.05, 0.1) is 5.69 Å². The van der Waals surface area contributed by atoms with Gasteiger partial charge in [0.2, 0.25) is 5.95 Å². The summed E-state index contributed by atoms with van der Waals surface area (Å²) in [6, 6.07) is 0.690. The van der Waals surface area contributed by atoms with E-state index < -0.39 is 0 Å². The maximum absolute atomic E-state index is 6.09. The van der Waals surface area contributed by atoms with E-state index >= 15 is 0 Å². The predicted octanol–water partition coefficient (Wildman–Crippen LogP) is 1.47. The normalized spacial score (nSPS) is 24.1. The van der Waals surface area contributed by atoms with E-state index in [1.54, 1.807) is 0 Å². The molecule has 0 spiro atoms. The number of nitrogens with zero attached hydrogens (tertiary/aromatic N) is 4. The molecule has 2 fully saturated rings. The molecule has 1 aromatic rings. The van der Waals surface area contributed by atoms with E-state index in [1.807, 2.05) is 0 Å². The first kappa shape index (κ1) is 13.3. The lowest BCUT2D eigenvalue weighted by Crippen LogP contribution is -2.61. The van der Waals surface area contributed by atoms with Gasteiger partial charge >= 0.3 is 0 Å². The molecule has 3 heterocycles. The quantitative estimate of drug-likeness (QED) is 0.892. The minimum absolute atomic E-state index is 0.690. The van der Waals surface area contributed by atoms with Gasteiger partial charge in [-0.05, 0) is 51.1 Å². The number of piperidine rings is 1. The fourth-order valence-corrected chi connectivity index (χ4v) is 3.83. The second-order valence-electron chi connectivity index (χ2n) is 6.96. The summed E-state index contributed by atoms with van der Waals surface area (Å²) in [5.41, 5.74) is 8.48. The van der Waals surface area contributed by atoms with Crippen molar-refractivity contribution in [2.24, 2.45) is 5.92 Å². The van der Waals surface area contributed by atoms with Crippen molar-refractivity contribution in [1.29, 1.82) is 0 Å². The second kappa shape index (κ2) is 5.13. The van der Waals surface area contributed by atoms with E-state index in [0.29, 0.717) is 11.9 Å². The van der Waals surface area contributed by atoms with Gasteiger partial charge in [0, 0.05) is 24.7 Å². The third-order valence-corrected chi connectivity index (χ3v) is 5.43. The fourth-order valence-electron chi connectivity index (χ4n) is 3.83. The van der Waals surface area contributed by atoms with Crippen molar-refractivity contribution < 1.29 is 0 Å². The number of fused-ring (bicyclic) bond motifs is 1. The van der Waals surface area contributed by atoms with Gasteiger partial charge in [0.15, 0.2) is 0 Å². The molecule has 2 N–H and O–H groups in total. The maximum Gasteiger partial charge on any atom is 0.227 e. The number of likely N-dealkylation sites (tertiary alicyclic amines) is 1. The Balaban J connectivity index is 1.41. The van der Waals surface area contributed by atoms with Crippen molar-refractivity contribution in [2.45, 2.75) is 45.1 Å². The lowest BCUT2D eigenvalue weighted by Gasteiger charge is -2.47. The number of aromatic nitrogens is 2. The highest BCUT2D eigenvalue weighted by atomic mass is 15.4. The smallest absolute Gasteiger partial charge is 0.227 e. The first-order chi connectivity index (χ1) is 10.2. The van der Waals surface area contributed by atoms with E-state index in [4.69, 9.17) is 10.7 Å². The maximum atomic E-state index is 6.09. The van der Waals surface area contributed by atoms with Crippen molar-refractivity contribution in [3.63, 3.8) is 0 Å². The van der Waals surface area contributed by atoms with Gasteiger partial charge in [-0.3, -0.25) is 4.90 Å². The van der Waals surface area contributed by atoms with Crippen molar-refractivity contribution >= 4 is 11.8 Å². The van der Waals surface area contributed by atoms with Gasteiger partial charge < -0.3 is 10.6 Å². The van der Waals surface area contributed by atoms with Crippen LogP contribution in [0.3, 0.4) is 0 Å². The monoisotopic (exact) mass is 287 g/mol. The van der Waals surface area contributed by atoms with Crippen LogP contribution in [0.2, 0.25) is 0 Å². The third-order valence-electron chi connectivity index (χ3n) is 5.43. The highest BCUT2D eigenvalue weighted by Crippen LogP contribution is 2.29. The van der Waals surface area contributed by atoms with Crippen molar-refractivity contribution in [1.82, 2.24) is 14.9 Å². The largest absolute Gasteiger partial charge is 0.383 e. The number of aryl methyl sites for hydroxylation is 1. The molecule has 0 radical (unpaired) electrons. The molecule has 21 heavy (non-hydrogen) atoms. The number of hydrogen-bond donors (Lipinski definition) is 1. The molecule has 4 rings (SSSR count). The number of anilines is 2.